The van der Waals surface area contributed by atoms with Gasteiger partial charge in [-0.15, -0.1) is 11.3 Å². The van der Waals surface area contributed by atoms with Crippen molar-refractivity contribution in [2.45, 2.75) is 25.6 Å². The molecule has 0 aliphatic carbocycles. The van der Waals surface area contributed by atoms with Crippen LogP contribution in [-0.2, 0) is 11.3 Å². The van der Waals surface area contributed by atoms with Crippen molar-refractivity contribution in [3.63, 3.8) is 0 Å². The minimum atomic E-state index is -0.0944. The molecule has 6 nitrogen and oxygen atoms in total. The van der Waals surface area contributed by atoms with E-state index in [1.54, 1.807) is 11.3 Å². The lowest BCUT2D eigenvalue weighted by atomic mass is 10.1. The number of piperazine rings is 1. The summed E-state index contributed by atoms with van der Waals surface area (Å²) in [5.41, 5.74) is 4.16. The number of hydrogen-bond acceptors (Lipinski definition) is 6. The van der Waals surface area contributed by atoms with Gasteiger partial charge in [0.25, 0.3) is 5.91 Å². The van der Waals surface area contributed by atoms with Gasteiger partial charge in [-0.1, -0.05) is 42.5 Å². The van der Waals surface area contributed by atoms with Crippen molar-refractivity contribution in [2.75, 3.05) is 50.7 Å². The molecule has 1 atom stereocenters. The number of nitriles is 1. The molecule has 0 bridgehead atoms. The average molecular weight is 551 g/mol. The van der Waals surface area contributed by atoms with Crippen molar-refractivity contribution >= 4 is 33.0 Å². The van der Waals surface area contributed by atoms with Gasteiger partial charge in [-0.3, -0.25) is 9.69 Å². The highest BCUT2D eigenvalue weighted by Crippen LogP contribution is 2.29. The van der Waals surface area contributed by atoms with Crippen LogP contribution in [0.2, 0.25) is 0 Å². The van der Waals surface area contributed by atoms with Crippen molar-refractivity contribution < 1.29 is 9.53 Å². The lowest BCUT2D eigenvalue weighted by molar-refractivity contribution is 0.00349. The maximum Gasteiger partial charge on any atom is 0.264 e. The predicted octanol–water partition coefficient (Wildman–Crippen LogP) is 6.09. The van der Waals surface area contributed by atoms with E-state index in [4.69, 9.17) is 10.00 Å². The number of thiophene rings is 1. The van der Waals surface area contributed by atoms with E-state index in [2.05, 4.69) is 52.3 Å². The Kier molecular flexibility index (Phi) is 8.10. The second-order valence-electron chi connectivity index (χ2n) is 10.6. The zero-order valence-electron chi connectivity index (χ0n) is 22.7. The Balaban J connectivity index is 1.13. The molecule has 0 N–H and O–H groups in total. The number of hydrogen-bond donors (Lipinski definition) is 0. The molecular weight excluding hydrogens is 516 g/mol. The molecule has 40 heavy (non-hydrogen) atoms. The molecule has 0 radical (unpaired) electrons. The van der Waals surface area contributed by atoms with E-state index in [1.165, 1.54) is 24.1 Å². The molecule has 1 unspecified atom stereocenters. The Labute approximate surface area is 240 Å². The highest BCUT2D eigenvalue weighted by atomic mass is 32.1. The highest BCUT2D eigenvalue weighted by molar-refractivity contribution is 7.20. The van der Waals surface area contributed by atoms with E-state index in [-0.39, 0.29) is 12.0 Å². The molecule has 0 saturated carbocycles. The van der Waals surface area contributed by atoms with Gasteiger partial charge in [-0.2, -0.15) is 5.26 Å². The van der Waals surface area contributed by atoms with Crippen LogP contribution in [0.4, 0.5) is 5.69 Å². The van der Waals surface area contributed by atoms with Crippen LogP contribution in [-0.4, -0.2) is 61.5 Å². The first kappa shape index (κ1) is 26.5. The lowest BCUT2D eigenvalue weighted by Gasteiger charge is -2.36. The van der Waals surface area contributed by atoms with Gasteiger partial charge >= 0.3 is 0 Å². The van der Waals surface area contributed by atoms with E-state index in [0.29, 0.717) is 25.3 Å². The Morgan fingerprint density at radius 2 is 1.68 bits per heavy atom. The summed E-state index contributed by atoms with van der Waals surface area (Å²) in [6.07, 6.45) is 2.39. The molecule has 7 heteroatoms. The quantitative estimate of drug-likeness (QED) is 0.266. The fourth-order valence-electron chi connectivity index (χ4n) is 5.63. The fraction of sp³-hybridized carbons (Fsp3) is 0.333. The molecule has 2 aliphatic heterocycles. The summed E-state index contributed by atoms with van der Waals surface area (Å²) in [5.74, 6) is 0.132. The normalized spacial score (nSPS) is 16.8. The first-order valence-electron chi connectivity index (χ1n) is 14.1. The van der Waals surface area contributed by atoms with Crippen LogP contribution in [0.15, 0.2) is 78.9 Å². The summed E-state index contributed by atoms with van der Waals surface area (Å²) < 4.78 is 7.72. The third-order valence-corrected chi connectivity index (χ3v) is 9.07. The summed E-state index contributed by atoms with van der Waals surface area (Å²) in [6, 6.07) is 28.8. The number of amides is 1. The second kappa shape index (κ2) is 12.2. The van der Waals surface area contributed by atoms with Crippen molar-refractivity contribution in [1.82, 2.24) is 9.80 Å². The van der Waals surface area contributed by atoms with E-state index in [0.717, 1.165) is 53.3 Å². The summed E-state index contributed by atoms with van der Waals surface area (Å²) in [4.78, 5) is 20.9. The van der Waals surface area contributed by atoms with Gasteiger partial charge < -0.3 is 14.5 Å². The summed E-state index contributed by atoms with van der Waals surface area (Å²) in [6.45, 7) is 6.52. The molecule has 3 aromatic carbocycles. The van der Waals surface area contributed by atoms with Crippen LogP contribution in [0.1, 0.15) is 45.3 Å². The number of anilines is 1. The number of ether oxygens (including phenoxy) is 1. The maximum absolute atomic E-state index is 13.3. The Morgan fingerprint density at radius 1 is 0.900 bits per heavy atom. The molecule has 2 fully saturated rings. The van der Waals surface area contributed by atoms with Crippen LogP contribution in [0.25, 0.3) is 10.1 Å². The number of fused-ring (bicyclic) bond motifs is 1. The zero-order chi connectivity index (χ0) is 27.3. The Morgan fingerprint density at radius 3 is 2.42 bits per heavy atom. The first-order chi connectivity index (χ1) is 19.7. The fourth-order valence-corrected chi connectivity index (χ4v) is 6.67. The highest BCUT2D eigenvalue weighted by Gasteiger charge is 2.26. The van der Waals surface area contributed by atoms with Crippen LogP contribution < -0.4 is 4.90 Å². The smallest absolute Gasteiger partial charge is 0.264 e. The van der Waals surface area contributed by atoms with Crippen molar-refractivity contribution in [1.29, 1.82) is 5.26 Å². The van der Waals surface area contributed by atoms with E-state index in [9.17, 15) is 4.79 Å². The second-order valence-corrected chi connectivity index (χ2v) is 11.7. The Bertz CT molecular complexity index is 1460. The average Bonchev–Trinajstić information content (AvgIpc) is 3.70. The topological polar surface area (TPSA) is 59.8 Å². The largest absolute Gasteiger partial charge is 0.372 e. The lowest BCUT2D eigenvalue weighted by Crippen LogP contribution is -2.49. The molecule has 4 aromatic rings. The van der Waals surface area contributed by atoms with Gasteiger partial charge in [0, 0.05) is 56.2 Å². The van der Waals surface area contributed by atoms with Gasteiger partial charge in [0.1, 0.15) is 0 Å². The molecule has 2 saturated heterocycles. The SMILES string of the molecule is N#Cc1ccc(COC(CN2CCN(C(=O)c3cc4ccccc4s3)CC2)c2cccc(N3CCCC3)c2)cc1. The van der Waals surface area contributed by atoms with Crippen molar-refractivity contribution in [3.05, 3.63) is 100 Å². The molecule has 3 heterocycles. The van der Waals surface area contributed by atoms with Crippen molar-refractivity contribution in [2.24, 2.45) is 0 Å². The third kappa shape index (κ3) is 6.05. The summed E-state index contributed by atoms with van der Waals surface area (Å²) in [7, 11) is 0. The van der Waals surface area contributed by atoms with Gasteiger partial charge in [0.2, 0.25) is 0 Å². The minimum absolute atomic E-state index is 0.0944. The number of carbonyl (C=O) groups excluding carboxylic acids is 1. The number of benzene rings is 3. The number of nitrogens with zero attached hydrogens (tertiary/aromatic N) is 4. The first-order valence-corrected chi connectivity index (χ1v) is 14.9. The van der Waals surface area contributed by atoms with Crippen LogP contribution in [0.3, 0.4) is 0 Å². The van der Waals surface area contributed by atoms with Gasteiger partial charge in [0.05, 0.1) is 29.2 Å². The summed E-state index contributed by atoms with van der Waals surface area (Å²) in [5, 5.41) is 10.3. The van der Waals surface area contributed by atoms with Crippen LogP contribution >= 0.6 is 11.3 Å². The summed E-state index contributed by atoms with van der Waals surface area (Å²) >= 11 is 1.58. The van der Waals surface area contributed by atoms with Gasteiger partial charge in [0.15, 0.2) is 0 Å². The monoisotopic (exact) mass is 550 g/mol. The van der Waals surface area contributed by atoms with Crippen LogP contribution in [0, 0.1) is 11.3 Å². The van der Waals surface area contributed by atoms with Gasteiger partial charge in [-0.25, -0.2) is 0 Å². The third-order valence-electron chi connectivity index (χ3n) is 7.97. The molecule has 2 aliphatic rings. The van der Waals surface area contributed by atoms with E-state index < -0.39 is 0 Å². The van der Waals surface area contributed by atoms with Crippen LogP contribution in [0.5, 0.6) is 0 Å². The van der Waals surface area contributed by atoms with E-state index >= 15 is 0 Å². The molecular formula is C33H34N4O2S. The Hall–Kier alpha value is -3.70. The van der Waals surface area contributed by atoms with Crippen molar-refractivity contribution in [3.8, 4) is 6.07 Å². The molecule has 1 amide bonds. The van der Waals surface area contributed by atoms with Gasteiger partial charge in [-0.05, 0) is 65.8 Å². The van der Waals surface area contributed by atoms with E-state index in [1.807, 2.05) is 47.4 Å². The number of rotatable bonds is 8. The zero-order valence-corrected chi connectivity index (χ0v) is 23.5. The molecule has 0 spiro atoms. The minimum Gasteiger partial charge on any atom is -0.372 e. The number of carbonyl (C=O) groups is 1. The molecule has 6 rings (SSSR count). The molecule has 204 valence electrons. The standard InChI is InChI=1S/C33H34N4O2S/c34-22-25-10-12-26(13-11-25)24-39-30(27-7-5-8-29(20-27)36-14-3-4-15-36)23-35-16-18-37(19-17-35)33(38)32-21-28-6-1-2-9-31(28)40-32/h1-2,5-13,20-21,30H,3-4,14-19,23-24H2. The molecule has 1 aromatic heterocycles. The maximum atomic E-state index is 13.3. The predicted molar refractivity (Wildman–Crippen MR) is 161 cm³/mol.